The molecule has 0 amide bonds. The number of hydrogen-bond acceptors (Lipinski definition) is 1. The Hall–Kier alpha value is -0.890. The van der Waals surface area contributed by atoms with Crippen LogP contribution in [-0.4, -0.2) is 7.05 Å². The Morgan fingerprint density at radius 1 is 1.06 bits per heavy atom. The highest BCUT2D eigenvalue weighted by molar-refractivity contribution is 5.39. The molecule has 1 rings (SSSR count). The van der Waals surface area contributed by atoms with Crippen molar-refractivity contribution in [3.05, 3.63) is 34.6 Å². The second kappa shape index (κ2) is 5.44. The molecule has 16 heavy (non-hydrogen) atoms. The van der Waals surface area contributed by atoms with E-state index >= 15 is 0 Å². The van der Waals surface area contributed by atoms with E-state index in [-0.39, 0.29) is 5.82 Å². The molecule has 90 valence electrons. The van der Waals surface area contributed by atoms with Crippen LogP contribution in [0.1, 0.15) is 56.2 Å². The van der Waals surface area contributed by atoms with Crippen molar-refractivity contribution in [3.63, 3.8) is 0 Å². The van der Waals surface area contributed by atoms with Gasteiger partial charge in [0.25, 0.3) is 0 Å². The third-order valence-corrected chi connectivity index (χ3v) is 2.88. The third kappa shape index (κ3) is 2.82. The molecule has 0 aliphatic carbocycles. The van der Waals surface area contributed by atoms with Crippen molar-refractivity contribution in [3.8, 4) is 0 Å². The molecule has 0 atom stereocenters. The molecule has 0 saturated heterocycles. The van der Waals surface area contributed by atoms with Crippen LogP contribution in [0, 0.1) is 5.82 Å². The van der Waals surface area contributed by atoms with E-state index in [1.54, 1.807) is 12.1 Å². The van der Waals surface area contributed by atoms with Gasteiger partial charge in [0, 0.05) is 6.54 Å². The molecule has 1 N–H and O–H groups in total. The van der Waals surface area contributed by atoms with Gasteiger partial charge in [-0.2, -0.15) is 0 Å². The molecule has 0 fully saturated rings. The van der Waals surface area contributed by atoms with E-state index in [0.717, 1.165) is 17.7 Å². The summed E-state index contributed by atoms with van der Waals surface area (Å²) in [5.41, 5.74) is 3.50. The molecular formula is C14H22FN. The number of benzene rings is 1. The molecule has 0 aliphatic rings. The van der Waals surface area contributed by atoms with Crippen LogP contribution in [-0.2, 0) is 6.54 Å². The molecule has 0 spiro atoms. The van der Waals surface area contributed by atoms with E-state index in [0.29, 0.717) is 11.8 Å². The fourth-order valence-corrected chi connectivity index (χ4v) is 2.09. The highest BCUT2D eigenvalue weighted by Gasteiger charge is 2.15. The summed E-state index contributed by atoms with van der Waals surface area (Å²) in [5.74, 6) is 0.598. The van der Waals surface area contributed by atoms with Gasteiger partial charge in [0.2, 0.25) is 0 Å². The van der Waals surface area contributed by atoms with Gasteiger partial charge in [0.15, 0.2) is 0 Å². The maximum atomic E-state index is 13.5. The van der Waals surface area contributed by atoms with E-state index < -0.39 is 0 Å². The summed E-state index contributed by atoms with van der Waals surface area (Å²) in [6, 6.07) is 3.34. The van der Waals surface area contributed by atoms with Crippen molar-refractivity contribution in [2.75, 3.05) is 7.05 Å². The van der Waals surface area contributed by atoms with Crippen LogP contribution in [0.5, 0.6) is 0 Å². The molecule has 0 aromatic heterocycles. The highest BCUT2D eigenvalue weighted by Crippen LogP contribution is 2.28. The summed E-state index contributed by atoms with van der Waals surface area (Å²) < 4.78 is 13.5. The highest BCUT2D eigenvalue weighted by atomic mass is 19.1. The van der Waals surface area contributed by atoms with Crippen molar-refractivity contribution >= 4 is 0 Å². The fraction of sp³-hybridized carbons (Fsp3) is 0.571. The van der Waals surface area contributed by atoms with Gasteiger partial charge in [-0.05, 0) is 47.7 Å². The normalized spacial score (nSPS) is 11.5. The van der Waals surface area contributed by atoms with Crippen LogP contribution in [0.2, 0.25) is 0 Å². The van der Waals surface area contributed by atoms with Crippen LogP contribution < -0.4 is 5.32 Å². The Labute approximate surface area is 98.1 Å². The summed E-state index contributed by atoms with van der Waals surface area (Å²) in [7, 11) is 1.93. The molecule has 0 aliphatic heterocycles. The lowest BCUT2D eigenvalue weighted by atomic mass is 9.88. The Morgan fingerprint density at radius 2 is 1.50 bits per heavy atom. The van der Waals surface area contributed by atoms with Gasteiger partial charge in [0.05, 0.1) is 0 Å². The van der Waals surface area contributed by atoms with Crippen LogP contribution in [0.15, 0.2) is 12.1 Å². The number of nitrogens with one attached hydrogen (secondary N) is 1. The van der Waals surface area contributed by atoms with Crippen LogP contribution >= 0.6 is 0 Å². The van der Waals surface area contributed by atoms with E-state index in [4.69, 9.17) is 0 Å². The predicted molar refractivity (Wildman–Crippen MR) is 67.3 cm³/mol. The van der Waals surface area contributed by atoms with Crippen molar-refractivity contribution < 1.29 is 4.39 Å². The summed E-state index contributed by atoms with van der Waals surface area (Å²) in [6.45, 7) is 9.24. The second-order valence-corrected chi connectivity index (χ2v) is 4.90. The van der Waals surface area contributed by atoms with Crippen molar-refractivity contribution in [2.24, 2.45) is 0 Å². The van der Waals surface area contributed by atoms with Gasteiger partial charge in [-0.15, -0.1) is 0 Å². The minimum absolute atomic E-state index is 0.118. The molecule has 0 bridgehead atoms. The van der Waals surface area contributed by atoms with Crippen LogP contribution in [0.4, 0.5) is 4.39 Å². The lowest BCUT2D eigenvalue weighted by Gasteiger charge is -2.19. The van der Waals surface area contributed by atoms with Crippen molar-refractivity contribution in [1.29, 1.82) is 0 Å². The maximum Gasteiger partial charge on any atom is 0.123 e. The minimum atomic E-state index is -0.118. The first-order valence-corrected chi connectivity index (χ1v) is 5.94. The van der Waals surface area contributed by atoms with E-state index in [1.807, 2.05) is 7.05 Å². The first-order valence-electron chi connectivity index (χ1n) is 5.94. The standard InChI is InChI=1S/C14H22FN/c1-9(2)12-6-11(15)7-13(10(3)4)14(12)8-16-5/h6-7,9-10,16H,8H2,1-5H3. The summed E-state index contributed by atoms with van der Waals surface area (Å²) in [4.78, 5) is 0. The zero-order valence-electron chi connectivity index (χ0n) is 10.9. The van der Waals surface area contributed by atoms with Crippen LogP contribution in [0.3, 0.4) is 0 Å². The summed E-state index contributed by atoms with van der Waals surface area (Å²) >= 11 is 0. The quantitative estimate of drug-likeness (QED) is 0.819. The smallest absolute Gasteiger partial charge is 0.123 e. The minimum Gasteiger partial charge on any atom is -0.316 e. The molecule has 1 nitrogen and oxygen atoms in total. The monoisotopic (exact) mass is 223 g/mol. The van der Waals surface area contributed by atoms with Gasteiger partial charge < -0.3 is 5.32 Å². The number of rotatable bonds is 4. The molecule has 1 aromatic carbocycles. The zero-order chi connectivity index (χ0) is 12.3. The third-order valence-electron chi connectivity index (χ3n) is 2.88. The Balaban J connectivity index is 3.35. The lowest BCUT2D eigenvalue weighted by Crippen LogP contribution is -2.13. The van der Waals surface area contributed by atoms with Gasteiger partial charge in [0.1, 0.15) is 5.82 Å². The van der Waals surface area contributed by atoms with Gasteiger partial charge in [-0.25, -0.2) is 4.39 Å². The molecule has 0 radical (unpaired) electrons. The molecule has 1 aromatic rings. The molecule has 0 heterocycles. The van der Waals surface area contributed by atoms with Crippen molar-refractivity contribution in [1.82, 2.24) is 5.32 Å². The zero-order valence-corrected chi connectivity index (χ0v) is 10.9. The Kier molecular flexibility index (Phi) is 4.48. The van der Waals surface area contributed by atoms with Crippen LogP contribution in [0.25, 0.3) is 0 Å². The van der Waals surface area contributed by atoms with Gasteiger partial charge in [-0.3, -0.25) is 0 Å². The predicted octanol–water partition coefficient (Wildman–Crippen LogP) is 3.79. The van der Waals surface area contributed by atoms with Gasteiger partial charge in [-0.1, -0.05) is 27.7 Å². The largest absolute Gasteiger partial charge is 0.316 e. The molecule has 0 unspecified atom stereocenters. The Bertz CT molecular complexity index is 327. The first-order chi connectivity index (χ1) is 7.47. The second-order valence-electron chi connectivity index (χ2n) is 4.90. The Morgan fingerprint density at radius 3 is 1.81 bits per heavy atom. The first kappa shape index (κ1) is 13.2. The fourth-order valence-electron chi connectivity index (χ4n) is 2.09. The number of halogens is 1. The molecule has 2 heteroatoms. The average molecular weight is 223 g/mol. The van der Waals surface area contributed by atoms with Gasteiger partial charge >= 0.3 is 0 Å². The van der Waals surface area contributed by atoms with E-state index in [9.17, 15) is 4.39 Å². The number of hydrogen-bond donors (Lipinski definition) is 1. The lowest BCUT2D eigenvalue weighted by molar-refractivity contribution is 0.613. The average Bonchev–Trinajstić information content (AvgIpc) is 2.19. The molecular weight excluding hydrogens is 201 g/mol. The maximum absolute atomic E-state index is 13.5. The summed E-state index contributed by atoms with van der Waals surface area (Å²) in [5, 5.41) is 3.17. The van der Waals surface area contributed by atoms with E-state index in [1.165, 1.54) is 5.56 Å². The SMILES string of the molecule is CNCc1c(C(C)C)cc(F)cc1C(C)C. The van der Waals surface area contributed by atoms with E-state index in [2.05, 4.69) is 33.0 Å². The topological polar surface area (TPSA) is 12.0 Å². The molecule has 0 saturated carbocycles. The summed E-state index contributed by atoms with van der Waals surface area (Å²) in [6.07, 6.45) is 0. The van der Waals surface area contributed by atoms with Crippen molar-refractivity contribution in [2.45, 2.75) is 46.1 Å².